The Hall–Kier alpha value is -0.470. The van der Waals surface area contributed by atoms with Gasteiger partial charge in [0.25, 0.3) is 0 Å². The zero-order chi connectivity index (χ0) is 13.1. The van der Waals surface area contributed by atoms with Crippen molar-refractivity contribution in [1.82, 2.24) is 5.32 Å². The zero-order valence-electron chi connectivity index (χ0n) is 11.8. The van der Waals surface area contributed by atoms with E-state index in [2.05, 4.69) is 49.5 Å². The predicted octanol–water partition coefficient (Wildman–Crippen LogP) is 4.73. The second-order valence-electron chi connectivity index (χ2n) is 4.77. The van der Waals surface area contributed by atoms with E-state index in [9.17, 15) is 0 Å². The lowest BCUT2D eigenvalue weighted by Crippen LogP contribution is -2.31. The Labute approximate surface area is 117 Å². The lowest BCUT2D eigenvalue weighted by Gasteiger charge is -2.18. The van der Waals surface area contributed by atoms with Gasteiger partial charge in [-0.1, -0.05) is 51.3 Å². The van der Waals surface area contributed by atoms with Crippen LogP contribution >= 0.6 is 11.8 Å². The number of nitrogens with one attached hydrogen (secondary N) is 1. The quantitative estimate of drug-likeness (QED) is 0.485. The number of rotatable bonds is 10. The second kappa shape index (κ2) is 10.5. The molecule has 0 saturated carbocycles. The molecule has 1 N–H and O–H groups in total. The van der Waals surface area contributed by atoms with Crippen LogP contribution in [-0.4, -0.2) is 18.3 Å². The van der Waals surface area contributed by atoms with E-state index >= 15 is 0 Å². The van der Waals surface area contributed by atoms with Crippen molar-refractivity contribution >= 4 is 11.8 Å². The van der Waals surface area contributed by atoms with Crippen LogP contribution in [0.3, 0.4) is 0 Å². The number of unbranched alkanes of at least 4 members (excludes halogenated alkanes) is 2. The van der Waals surface area contributed by atoms with E-state index in [1.165, 1.54) is 42.8 Å². The van der Waals surface area contributed by atoms with Crippen molar-refractivity contribution in [2.75, 3.05) is 12.3 Å². The van der Waals surface area contributed by atoms with Crippen molar-refractivity contribution in [3.63, 3.8) is 0 Å². The highest BCUT2D eigenvalue weighted by Crippen LogP contribution is 2.19. The number of thioether (sulfide) groups is 1. The molecule has 1 aromatic carbocycles. The van der Waals surface area contributed by atoms with Gasteiger partial charge in [0.2, 0.25) is 0 Å². The summed E-state index contributed by atoms with van der Waals surface area (Å²) in [6.45, 7) is 5.65. The Morgan fingerprint density at radius 2 is 1.83 bits per heavy atom. The van der Waals surface area contributed by atoms with E-state index in [1.54, 1.807) is 0 Å². The van der Waals surface area contributed by atoms with E-state index in [-0.39, 0.29) is 0 Å². The van der Waals surface area contributed by atoms with Gasteiger partial charge in [0.05, 0.1) is 0 Å². The van der Waals surface area contributed by atoms with Crippen LogP contribution in [0.25, 0.3) is 0 Å². The maximum atomic E-state index is 3.68. The fourth-order valence-corrected chi connectivity index (χ4v) is 2.97. The number of hydrogen-bond acceptors (Lipinski definition) is 2. The second-order valence-corrected chi connectivity index (χ2v) is 5.86. The summed E-state index contributed by atoms with van der Waals surface area (Å²) >= 11 is 1.97. The van der Waals surface area contributed by atoms with Crippen molar-refractivity contribution in [1.29, 1.82) is 0 Å². The summed E-state index contributed by atoms with van der Waals surface area (Å²) in [6, 6.07) is 11.4. The zero-order valence-corrected chi connectivity index (χ0v) is 12.6. The standard InChI is InChI=1S/C16H27NS/c1-3-5-7-10-15(17-13-4-2)14-18-16-11-8-6-9-12-16/h6,8-9,11-12,15,17H,3-5,7,10,13-14H2,1-2H3. The molecule has 1 aromatic rings. The summed E-state index contributed by atoms with van der Waals surface area (Å²) in [5, 5.41) is 3.68. The highest BCUT2D eigenvalue weighted by atomic mass is 32.2. The van der Waals surface area contributed by atoms with E-state index in [0.717, 1.165) is 6.54 Å². The summed E-state index contributed by atoms with van der Waals surface area (Å²) in [4.78, 5) is 1.39. The van der Waals surface area contributed by atoms with Crippen molar-refractivity contribution in [2.45, 2.75) is 56.9 Å². The predicted molar refractivity (Wildman–Crippen MR) is 83.4 cm³/mol. The van der Waals surface area contributed by atoms with Crippen LogP contribution < -0.4 is 5.32 Å². The Morgan fingerprint density at radius 3 is 2.50 bits per heavy atom. The molecule has 102 valence electrons. The van der Waals surface area contributed by atoms with Crippen molar-refractivity contribution < 1.29 is 0 Å². The van der Waals surface area contributed by atoms with Gasteiger partial charge in [-0.25, -0.2) is 0 Å². The smallest absolute Gasteiger partial charge is 0.0161 e. The third-order valence-corrected chi connectivity index (χ3v) is 4.21. The van der Waals surface area contributed by atoms with Crippen LogP contribution in [0.15, 0.2) is 35.2 Å². The third-order valence-electron chi connectivity index (χ3n) is 3.03. The Kier molecular flexibility index (Phi) is 9.05. The summed E-state index contributed by atoms with van der Waals surface area (Å²) in [7, 11) is 0. The maximum Gasteiger partial charge on any atom is 0.0161 e. The van der Waals surface area contributed by atoms with Gasteiger partial charge >= 0.3 is 0 Å². The highest BCUT2D eigenvalue weighted by Gasteiger charge is 2.07. The average Bonchev–Trinajstić information content (AvgIpc) is 2.42. The van der Waals surface area contributed by atoms with Gasteiger partial charge in [-0.3, -0.25) is 0 Å². The fourth-order valence-electron chi connectivity index (χ4n) is 1.95. The molecule has 0 aliphatic heterocycles. The summed E-state index contributed by atoms with van der Waals surface area (Å²) in [5.74, 6) is 1.19. The van der Waals surface area contributed by atoms with Crippen LogP contribution in [0.4, 0.5) is 0 Å². The molecule has 0 spiro atoms. The van der Waals surface area contributed by atoms with Crippen LogP contribution in [-0.2, 0) is 0 Å². The molecule has 1 nitrogen and oxygen atoms in total. The summed E-state index contributed by atoms with van der Waals surface area (Å²) in [5.41, 5.74) is 0. The summed E-state index contributed by atoms with van der Waals surface area (Å²) < 4.78 is 0. The maximum absolute atomic E-state index is 3.68. The van der Waals surface area contributed by atoms with Crippen LogP contribution in [0.2, 0.25) is 0 Å². The first kappa shape index (κ1) is 15.6. The molecule has 0 saturated heterocycles. The third kappa shape index (κ3) is 7.07. The Bertz CT molecular complexity index is 286. The molecule has 0 radical (unpaired) electrons. The van der Waals surface area contributed by atoms with Crippen molar-refractivity contribution in [3.05, 3.63) is 30.3 Å². The lowest BCUT2D eigenvalue weighted by molar-refractivity contribution is 0.493. The Balaban J connectivity index is 2.30. The molecular weight excluding hydrogens is 238 g/mol. The molecule has 0 aliphatic rings. The van der Waals surface area contributed by atoms with Crippen molar-refractivity contribution in [2.24, 2.45) is 0 Å². The SMILES string of the molecule is CCCCCC(CSc1ccccc1)NCCC. The molecule has 0 heterocycles. The molecule has 18 heavy (non-hydrogen) atoms. The molecule has 0 aromatic heterocycles. The van der Waals surface area contributed by atoms with E-state index < -0.39 is 0 Å². The van der Waals surface area contributed by atoms with Crippen molar-refractivity contribution in [3.8, 4) is 0 Å². The first-order valence-corrected chi connectivity index (χ1v) is 8.26. The highest BCUT2D eigenvalue weighted by molar-refractivity contribution is 7.99. The van der Waals surface area contributed by atoms with Gasteiger partial charge in [-0.15, -0.1) is 11.8 Å². The fraction of sp³-hybridized carbons (Fsp3) is 0.625. The van der Waals surface area contributed by atoms with E-state index in [0.29, 0.717) is 6.04 Å². The molecule has 1 rings (SSSR count). The van der Waals surface area contributed by atoms with E-state index in [1.807, 2.05) is 11.8 Å². The summed E-state index contributed by atoms with van der Waals surface area (Å²) in [6.07, 6.45) is 6.56. The topological polar surface area (TPSA) is 12.0 Å². The van der Waals surface area contributed by atoms with Crippen LogP contribution in [0, 0.1) is 0 Å². The molecule has 0 fully saturated rings. The normalized spacial score (nSPS) is 12.6. The minimum atomic E-state index is 0.668. The van der Waals surface area contributed by atoms with Gasteiger partial charge in [-0.2, -0.15) is 0 Å². The first-order valence-electron chi connectivity index (χ1n) is 7.28. The monoisotopic (exact) mass is 265 g/mol. The lowest BCUT2D eigenvalue weighted by atomic mass is 10.1. The average molecular weight is 265 g/mol. The molecule has 0 bridgehead atoms. The number of hydrogen-bond donors (Lipinski definition) is 1. The van der Waals surface area contributed by atoms with Gasteiger partial charge in [-0.05, 0) is 31.5 Å². The Morgan fingerprint density at radius 1 is 1.06 bits per heavy atom. The molecule has 1 unspecified atom stereocenters. The number of benzene rings is 1. The molecule has 1 atom stereocenters. The molecule has 0 aliphatic carbocycles. The first-order chi connectivity index (χ1) is 8.86. The molecule has 0 amide bonds. The minimum Gasteiger partial charge on any atom is -0.313 e. The van der Waals surface area contributed by atoms with Gasteiger partial charge in [0, 0.05) is 16.7 Å². The largest absolute Gasteiger partial charge is 0.313 e. The van der Waals surface area contributed by atoms with Gasteiger partial charge < -0.3 is 5.32 Å². The van der Waals surface area contributed by atoms with Gasteiger partial charge in [0.1, 0.15) is 0 Å². The van der Waals surface area contributed by atoms with Crippen LogP contribution in [0.5, 0.6) is 0 Å². The molecule has 2 heteroatoms. The minimum absolute atomic E-state index is 0.668. The molecular formula is C16H27NS. The van der Waals surface area contributed by atoms with E-state index in [4.69, 9.17) is 0 Å². The van der Waals surface area contributed by atoms with Crippen LogP contribution in [0.1, 0.15) is 46.0 Å². The van der Waals surface area contributed by atoms with Gasteiger partial charge in [0.15, 0.2) is 0 Å².